The molecule has 2 aliphatic heterocycles. The molecule has 3 fully saturated rings. The van der Waals surface area contributed by atoms with Gasteiger partial charge in [-0.3, -0.25) is 39.0 Å². The van der Waals surface area contributed by atoms with Gasteiger partial charge in [-0.25, -0.2) is 9.59 Å². The van der Waals surface area contributed by atoms with Crippen LogP contribution < -0.4 is 5.32 Å². The van der Waals surface area contributed by atoms with Crippen LogP contribution in [0.25, 0.3) is 0 Å². The van der Waals surface area contributed by atoms with Gasteiger partial charge in [0.15, 0.2) is 18.3 Å². The van der Waals surface area contributed by atoms with E-state index in [2.05, 4.69) is 5.32 Å². The maximum absolute atomic E-state index is 14.0. The minimum Gasteiger partial charge on any atom is -0.465 e. The summed E-state index contributed by atoms with van der Waals surface area (Å²) in [6, 6.07) is -2.03. The number of hydrogen-bond donors (Lipinski definition) is 1. The molecule has 17 nitrogen and oxygen atoms in total. The third kappa shape index (κ3) is 6.89. The number of esters is 6. The number of fused-ring (bicyclic) bond motifs is 1. The maximum Gasteiger partial charge on any atom is 0.360 e. The zero-order valence-corrected chi connectivity index (χ0v) is 28.0. The molecule has 8 atom stereocenters. The van der Waals surface area contributed by atoms with Crippen molar-refractivity contribution in [2.75, 3.05) is 13.7 Å². The van der Waals surface area contributed by atoms with E-state index in [1.54, 1.807) is 13.8 Å². The van der Waals surface area contributed by atoms with Crippen molar-refractivity contribution < 1.29 is 71.5 Å². The van der Waals surface area contributed by atoms with Gasteiger partial charge in [0.1, 0.15) is 18.8 Å². The monoisotopic (exact) mass is 670 g/mol. The molecule has 262 valence electrons. The quantitative estimate of drug-likeness (QED) is 0.248. The van der Waals surface area contributed by atoms with E-state index in [1.807, 2.05) is 13.8 Å². The molecular formula is C30H42N2O15. The molecule has 3 rings (SSSR count). The molecule has 3 amide bonds. The lowest BCUT2D eigenvalue weighted by molar-refractivity contribution is -0.313. The summed E-state index contributed by atoms with van der Waals surface area (Å²) < 4.78 is 38.6. The average Bonchev–Trinajstić information content (AvgIpc) is 2.93. The second-order valence-electron chi connectivity index (χ2n) is 12.8. The smallest absolute Gasteiger partial charge is 0.360 e. The first-order valence-corrected chi connectivity index (χ1v) is 14.8. The molecule has 1 N–H and O–H groups in total. The van der Waals surface area contributed by atoms with Crippen LogP contribution in [-0.4, -0.2) is 109 Å². The first-order chi connectivity index (χ1) is 21.6. The third-order valence-electron chi connectivity index (χ3n) is 9.28. The lowest BCUT2D eigenvalue weighted by Gasteiger charge is -2.70. The van der Waals surface area contributed by atoms with Crippen LogP contribution in [-0.2, 0) is 66.7 Å². The summed E-state index contributed by atoms with van der Waals surface area (Å²) in [5.74, 6) is -7.12. The molecule has 2 heterocycles. The molecule has 2 saturated heterocycles. The van der Waals surface area contributed by atoms with Gasteiger partial charge in [0.2, 0.25) is 11.6 Å². The van der Waals surface area contributed by atoms with Crippen molar-refractivity contribution in [2.45, 2.75) is 111 Å². The molecule has 0 radical (unpaired) electrons. The molecule has 1 aliphatic carbocycles. The number of ether oxygens (including phenoxy) is 7. The normalized spacial score (nSPS) is 30.2. The summed E-state index contributed by atoms with van der Waals surface area (Å²) in [5, 5.41) is 2.27. The van der Waals surface area contributed by atoms with Crippen LogP contribution in [0.3, 0.4) is 0 Å². The van der Waals surface area contributed by atoms with Crippen molar-refractivity contribution in [2.24, 2.45) is 16.7 Å². The van der Waals surface area contributed by atoms with E-state index in [9.17, 15) is 38.4 Å². The van der Waals surface area contributed by atoms with Crippen LogP contribution in [0.4, 0.5) is 4.79 Å². The molecule has 0 aromatic carbocycles. The molecule has 0 spiro atoms. The highest BCUT2D eigenvalue weighted by Gasteiger charge is 2.75. The lowest BCUT2D eigenvalue weighted by atomic mass is 9.42. The summed E-state index contributed by atoms with van der Waals surface area (Å²) in [5.41, 5.74) is -4.07. The second kappa shape index (κ2) is 13.4. The number of imide groups is 1. The van der Waals surface area contributed by atoms with E-state index in [4.69, 9.17) is 33.2 Å². The van der Waals surface area contributed by atoms with Gasteiger partial charge in [-0.2, -0.15) is 0 Å². The Labute approximate surface area is 271 Å². The van der Waals surface area contributed by atoms with Gasteiger partial charge in [-0.15, -0.1) is 0 Å². The number of rotatable bonds is 10. The standard InChI is InChI=1S/C30H42N2O15/c1-13(33)42-12-19(44-15(3)35)22(46-17(5)37)23-21(45-16(4)36)18(43-14(2)34)11-30(47-23,26(39)41-10)32-24-20(25(38)31-27(32)40)28(6,7)29(24,8)9/h18-24H,11-12H2,1-10H3,(H,31,38,40)/t18-,19+,20-,21+,22-,23+,24-,30+/m0/s1. The number of urea groups is 1. The molecule has 47 heavy (non-hydrogen) atoms. The van der Waals surface area contributed by atoms with Crippen molar-refractivity contribution in [3.05, 3.63) is 0 Å². The van der Waals surface area contributed by atoms with E-state index in [0.717, 1.165) is 46.6 Å². The first-order valence-electron chi connectivity index (χ1n) is 14.8. The second-order valence-corrected chi connectivity index (χ2v) is 12.8. The highest BCUT2D eigenvalue weighted by atomic mass is 16.7. The van der Waals surface area contributed by atoms with Gasteiger partial charge in [-0.1, -0.05) is 27.7 Å². The molecule has 3 aliphatic rings. The number of carbonyl (C=O) groups is 8. The van der Waals surface area contributed by atoms with Gasteiger partial charge < -0.3 is 33.2 Å². The lowest BCUT2D eigenvalue weighted by Crippen LogP contribution is -2.84. The third-order valence-corrected chi connectivity index (χ3v) is 9.28. The Bertz CT molecular complexity index is 1340. The Morgan fingerprint density at radius 1 is 0.851 bits per heavy atom. The van der Waals surface area contributed by atoms with Crippen molar-refractivity contribution in [1.29, 1.82) is 0 Å². The summed E-state index contributed by atoms with van der Waals surface area (Å²) in [7, 11) is 1.01. The van der Waals surface area contributed by atoms with E-state index in [-0.39, 0.29) is 0 Å². The van der Waals surface area contributed by atoms with Crippen molar-refractivity contribution >= 4 is 47.8 Å². The molecule has 0 unspecified atom stereocenters. The zero-order chi connectivity index (χ0) is 35.8. The van der Waals surface area contributed by atoms with Crippen LogP contribution in [0.2, 0.25) is 0 Å². The Hall–Kier alpha value is -4.28. The number of hydrogen-bond acceptors (Lipinski definition) is 15. The van der Waals surface area contributed by atoms with E-state index in [0.29, 0.717) is 0 Å². The van der Waals surface area contributed by atoms with Crippen LogP contribution in [0, 0.1) is 16.7 Å². The molecule has 0 aromatic rings. The number of carbonyl (C=O) groups excluding carboxylic acids is 8. The highest BCUT2D eigenvalue weighted by Crippen LogP contribution is 2.64. The Morgan fingerprint density at radius 3 is 1.91 bits per heavy atom. The highest BCUT2D eigenvalue weighted by molar-refractivity contribution is 6.02. The summed E-state index contributed by atoms with van der Waals surface area (Å²) in [4.78, 5) is 103. The fourth-order valence-electron chi connectivity index (χ4n) is 6.75. The van der Waals surface area contributed by atoms with Gasteiger partial charge in [-0.05, 0) is 10.8 Å². The fourth-order valence-corrected chi connectivity index (χ4v) is 6.75. The average molecular weight is 671 g/mol. The Balaban J connectivity index is 2.35. The van der Waals surface area contributed by atoms with Crippen molar-refractivity contribution in [3.8, 4) is 0 Å². The Morgan fingerprint density at radius 2 is 1.43 bits per heavy atom. The summed E-state index contributed by atoms with van der Waals surface area (Å²) in [6.45, 7) is 11.7. The molecule has 0 bridgehead atoms. The number of nitrogens with zero attached hydrogens (tertiary/aromatic N) is 1. The maximum atomic E-state index is 14.0. The van der Waals surface area contributed by atoms with Gasteiger partial charge >= 0.3 is 41.8 Å². The first kappa shape index (κ1) is 37.2. The SMILES string of the molecule is COC(=O)[C@@]1(N2C(=O)NC(=O)[C@@H]3[C@H]2C(C)(C)C3(C)C)C[C@H](OC(C)=O)[C@@H](OC(C)=O)[C@H]([C@@H](OC(C)=O)[C@@H](COC(C)=O)OC(C)=O)O1. The van der Waals surface area contributed by atoms with Crippen molar-refractivity contribution in [1.82, 2.24) is 10.2 Å². The topological polar surface area (TPSA) is 216 Å². The Kier molecular flexibility index (Phi) is 10.6. The van der Waals surface area contributed by atoms with Crippen LogP contribution in [0.15, 0.2) is 0 Å². The minimum absolute atomic E-state index is 0.587. The number of methoxy groups -OCH3 is 1. The van der Waals surface area contributed by atoms with Gasteiger partial charge in [0.25, 0.3) is 0 Å². The molecular weight excluding hydrogens is 628 g/mol. The van der Waals surface area contributed by atoms with Crippen LogP contribution in [0.5, 0.6) is 0 Å². The van der Waals surface area contributed by atoms with E-state index >= 15 is 0 Å². The zero-order valence-electron chi connectivity index (χ0n) is 28.0. The van der Waals surface area contributed by atoms with Crippen molar-refractivity contribution in [3.63, 3.8) is 0 Å². The molecule has 0 aromatic heterocycles. The van der Waals surface area contributed by atoms with Gasteiger partial charge in [0, 0.05) is 41.0 Å². The van der Waals surface area contributed by atoms with E-state index < -0.39 is 120 Å². The molecule has 17 heteroatoms. The van der Waals surface area contributed by atoms with Crippen LogP contribution >= 0.6 is 0 Å². The van der Waals surface area contributed by atoms with E-state index in [1.165, 1.54) is 0 Å². The summed E-state index contributed by atoms with van der Waals surface area (Å²) in [6.07, 6.45) is -9.25. The molecule has 1 saturated carbocycles. The largest absolute Gasteiger partial charge is 0.465 e. The summed E-state index contributed by atoms with van der Waals surface area (Å²) >= 11 is 0. The predicted octanol–water partition coefficient (Wildman–Crippen LogP) is 0.537. The minimum atomic E-state index is -2.53. The predicted molar refractivity (Wildman–Crippen MR) is 153 cm³/mol. The van der Waals surface area contributed by atoms with Crippen LogP contribution in [0.1, 0.15) is 68.7 Å². The number of amides is 3. The fraction of sp³-hybridized carbons (Fsp3) is 0.733. The number of nitrogens with one attached hydrogen (secondary N) is 1. The van der Waals surface area contributed by atoms with Gasteiger partial charge in [0.05, 0.1) is 19.1 Å².